The van der Waals surface area contributed by atoms with Crippen molar-refractivity contribution in [2.24, 2.45) is 23.5 Å². The number of carbonyl (C=O) groups excluding carboxylic acids is 2. The number of primary amides is 1. The van der Waals surface area contributed by atoms with Crippen molar-refractivity contribution in [2.45, 2.75) is 51.0 Å². The molecule has 2 aliphatic carbocycles. The molecule has 1 saturated heterocycles. The number of nitrogens with two attached hydrogens (primary N) is 1. The van der Waals surface area contributed by atoms with Gasteiger partial charge in [-0.25, -0.2) is 14.5 Å². The highest BCUT2D eigenvalue weighted by Crippen LogP contribution is 2.49. The molecule has 0 spiro atoms. The molecule has 1 aromatic rings. The Morgan fingerprint density at radius 3 is 2.85 bits per heavy atom. The molecule has 26 heavy (non-hydrogen) atoms. The molecule has 142 valence electrons. The van der Waals surface area contributed by atoms with Gasteiger partial charge in [0.1, 0.15) is 6.33 Å². The Kier molecular flexibility index (Phi) is 4.82. The minimum atomic E-state index is -0.630. The summed E-state index contributed by atoms with van der Waals surface area (Å²) >= 11 is 0. The van der Waals surface area contributed by atoms with E-state index < -0.39 is 5.91 Å². The zero-order valence-corrected chi connectivity index (χ0v) is 15.1. The topological polar surface area (TPSA) is 106 Å². The van der Waals surface area contributed by atoms with Gasteiger partial charge in [0.25, 0.3) is 5.91 Å². The number of amides is 3. The third-order valence-corrected chi connectivity index (χ3v) is 6.46. The Morgan fingerprint density at radius 1 is 1.27 bits per heavy atom. The third-order valence-electron chi connectivity index (χ3n) is 6.46. The average molecular weight is 360 g/mol. The van der Waals surface area contributed by atoms with Crippen LogP contribution >= 0.6 is 0 Å². The van der Waals surface area contributed by atoms with Gasteiger partial charge >= 0.3 is 6.03 Å². The van der Waals surface area contributed by atoms with E-state index in [9.17, 15) is 9.59 Å². The first kappa shape index (κ1) is 17.3. The maximum absolute atomic E-state index is 12.5. The Morgan fingerprint density at radius 2 is 2.15 bits per heavy atom. The Labute approximate surface area is 153 Å². The molecule has 1 aromatic heterocycles. The van der Waals surface area contributed by atoms with E-state index in [1.807, 2.05) is 4.90 Å². The highest BCUT2D eigenvalue weighted by Gasteiger charge is 2.39. The largest absolute Gasteiger partial charge is 0.363 e. The first-order chi connectivity index (χ1) is 12.6. The van der Waals surface area contributed by atoms with Crippen molar-refractivity contribution in [1.29, 1.82) is 0 Å². The molecule has 2 saturated carbocycles. The van der Waals surface area contributed by atoms with Gasteiger partial charge in [-0.05, 0) is 56.3 Å². The van der Waals surface area contributed by atoms with Crippen LogP contribution in [0.5, 0.6) is 0 Å². The second kappa shape index (κ2) is 7.25. The van der Waals surface area contributed by atoms with Gasteiger partial charge in [-0.15, -0.1) is 5.10 Å². The SMILES string of the molecule is NC(=O)c1ncn(C2CCCN(C(=O)NCCC3CC4CCC3C4)C2)n1. The molecule has 3 aliphatic rings. The number of carbonyl (C=O) groups is 2. The van der Waals surface area contributed by atoms with E-state index in [0.717, 1.165) is 50.1 Å². The van der Waals surface area contributed by atoms with E-state index in [1.54, 1.807) is 4.68 Å². The zero-order valence-electron chi connectivity index (χ0n) is 15.1. The Balaban J connectivity index is 1.25. The molecule has 0 aromatic carbocycles. The van der Waals surface area contributed by atoms with E-state index in [4.69, 9.17) is 5.73 Å². The summed E-state index contributed by atoms with van der Waals surface area (Å²) in [5.41, 5.74) is 5.21. The van der Waals surface area contributed by atoms with Gasteiger partial charge < -0.3 is 16.0 Å². The summed E-state index contributed by atoms with van der Waals surface area (Å²) in [6, 6.07) is 0.0498. The number of urea groups is 1. The van der Waals surface area contributed by atoms with Gasteiger partial charge in [-0.3, -0.25) is 4.79 Å². The van der Waals surface area contributed by atoms with E-state index in [0.29, 0.717) is 6.54 Å². The number of hydrogen-bond acceptors (Lipinski definition) is 4. The number of likely N-dealkylation sites (tertiary alicyclic amines) is 1. The smallest absolute Gasteiger partial charge is 0.317 e. The van der Waals surface area contributed by atoms with Crippen LogP contribution in [0, 0.1) is 17.8 Å². The van der Waals surface area contributed by atoms with E-state index >= 15 is 0 Å². The van der Waals surface area contributed by atoms with Crippen molar-refractivity contribution in [1.82, 2.24) is 25.0 Å². The van der Waals surface area contributed by atoms with E-state index in [1.165, 1.54) is 32.0 Å². The van der Waals surface area contributed by atoms with Crippen LogP contribution < -0.4 is 11.1 Å². The van der Waals surface area contributed by atoms with Crippen LogP contribution in [0.25, 0.3) is 0 Å². The Hall–Kier alpha value is -2.12. The van der Waals surface area contributed by atoms with E-state index in [2.05, 4.69) is 15.4 Å². The predicted octanol–water partition coefficient (Wildman–Crippen LogP) is 1.55. The first-order valence-electron chi connectivity index (χ1n) is 9.84. The molecule has 4 atom stereocenters. The second-order valence-corrected chi connectivity index (χ2v) is 8.11. The van der Waals surface area contributed by atoms with E-state index in [-0.39, 0.29) is 17.9 Å². The number of hydrogen-bond donors (Lipinski definition) is 2. The minimum absolute atomic E-state index is 0.00750. The number of piperidine rings is 1. The van der Waals surface area contributed by atoms with Gasteiger partial charge in [0.15, 0.2) is 0 Å². The van der Waals surface area contributed by atoms with Gasteiger partial charge in [-0.1, -0.05) is 6.42 Å². The number of nitrogens with one attached hydrogen (secondary N) is 1. The normalized spacial score (nSPS) is 30.5. The van der Waals surface area contributed by atoms with Gasteiger partial charge in [0.2, 0.25) is 5.82 Å². The van der Waals surface area contributed by atoms with Gasteiger partial charge in [0.05, 0.1) is 6.04 Å². The molecule has 8 nitrogen and oxygen atoms in total. The summed E-state index contributed by atoms with van der Waals surface area (Å²) in [6.07, 6.45) is 10.0. The molecule has 3 amide bonds. The fraction of sp³-hybridized carbons (Fsp3) is 0.778. The number of fused-ring (bicyclic) bond motifs is 2. The number of nitrogens with zero attached hydrogens (tertiary/aromatic N) is 4. The summed E-state index contributed by atoms with van der Waals surface area (Å²) in [5, 5.41) is 7.24. The molecule has 0 radical (unpaired) electrons. The van der Waals surface area contributed by atoms with Crippen LogP contribution in [0.2, 0.25) is 0 Å². The molecule has 2 heterocycles. The summed E-state index contributed by atoms with van der Waals surface area (Å²) in [6.45, 7) is 2.11. The molecule has 4 unspecified atom stereocenters. The lowest BCUT2D eigenvalue weighted by molar-refractivity contribution is 0.0989. The maximum atomic E-state index is 12.5. The summed E-state index contributed by atoms with van der Waals surface area (Å²) < 4.78 is 1.66. The molecular formula is C18H28N6O2. The van der Waals surface area contributed by atoms with Crippen LogP contribution in [0.4, 0.5) is 4.79 Å². The quantitative estimate of drug-likeness (QED) is 0.831. The lowest BCUT2D eigenvalue weighted by Gasteiger charge is -2.32. The first-order valence-corrected chi connectivity index (χ1v) is 9.84. The van der Waals surface area contributed by atoms with Crippen molar-refractivity contribution in [3.05, 3.63) is 12.2 Å². The number of rotatable bonds is 5. The van der Waals surface area contributed by atoms with Crippen molar-refractivity contribution in [2.75, 3.05) is 19.6 Å². The van der Waals surface area contributed by atoms with Crippen LogP contribution in [-0.2, 0) is 0 Å². The lowest BCUT2D eigenvalue weighted by atomic mass is 9.86. The molecule has 3 fully saturated rings. The summed E-state index contributed by atoms with van der Waals surface area (Å²) in [7, 11) is 0. The van der Waals surface area contributed by atoms with Crippen molar-refractivity contribution in [3.8, 4) is 0 Å². The van der Waals surface area contributed by atoms with Crippen molar-refractivity contribution in [3.63, 3.8) is 0 Å². The fourth-order valence-electron chi connectivity index (χ4n) is 5.13. The van der Waals surface area contributed by atoms with Crippen molar-refractivity contribution >= 4 is 11.9 Å². The second-order valence-electron chi connectivity index (χ2n) is 8.11. The predicted molar refractivity (Wildman–Crippen MR) is 95.3 cm³/mol. The third kappa shape index (κ3) is 3.54. The fourth-order valence-corrected chi connectivity index (χ4v) is 5.13. The van der Waals surface area contributed by atoms with Crippen LogP contribution in [0.3, 0.4) is 0 Å². The molecule has 3 N–H and O–H groups in total. The van der Waals surface area contributed by atoms with Crippen LogP contribution in [0.1, 0.15) is 61.6 Å². The van der Waals surface area contributed by atoms with Gasteiger partial charge in [-0.2, -0.15) is 0 Å². The van der Waals surface area contributed by atoms with Gasteiger partial charge in [0, 0.05) is 19.6 Å². The monoisotopic (exact) mass is 360 g/mol. The standard InChI is InChI=1S/C18H28N6O2/c19-16(25)17-21-11-24(22-17)15-2-1-7-23(10-15)18(26)20-6-5-14-9-12-3-4-13(14)8-12/h11-15H,1-10H2,(H2,19,25)(H,20,26). The van der Waals surface area contributed by atoms with Crippen molar-refractivity contribution < 1.29 is 9.59 Å². The Bertz CT molecular complexity index is 674. The molecule has 8 heteroatoms. The average Bonchev–Trinajstić information content (AvgIpc) is 3.38. The van der Waals surface area contributed by atoms with Crippen LogP contribution in [-0.4, -0.2) is 51.2 Å². The molecule has 2 bridgehead atoms. The summed E-state index contributed by atoms with van der Waals surface area (Å²) in [4.78, 5) is 29.5. The molecule has 4 rings (SSSR count). The molecular weight excluding hydrogens is 332 g/mol. The minimum Gasteiger partial charge on any atom is -0.363 e. The highest BCUT2D eigenvalue weighted by molar-refractivity contribution is 5.88. The lowest BCUT2D eigenvalue weighted by Crippen LogP contribution is -2.46. The highest BCUT2D eigenvalue weighted by atomic mass is 16.2. The van der Waals surface area contributed by atoms with Crippen LogP contribution in [0.15, 0.2) is 6.33 Å². The zero-order chi connectivity index (χ0) is 18.1. The molecule has 1 aliphatic heterocycles. The maximum Gasteiger partial charge on any atom is 0.317 e. The summed E-state index contributed by atoms with van der Waals surface area (Å²) in [5.74, 6) is 2.07. The number of aromatic nitrogens is 3.